The Balaban J connectivity index is 2.58. The summed E-state index contributed by atoms with van der Waals surface area (Å²) in [5, 5.41) is 13.8. The highest BCUT2D eigenvalue weighted by atomic mass is 79.9. The van der Waals surface area contributed by atoms with Crippen LogP contribution in [0.3, 0.4) is 0 Å². The normalized spacial score (nSPS) is 11.8. The third-order valence-corrected chi connectivity index (χ3v) is 3.07. The molecule has 3 N–H and O–H groups in total. The number of hydrogen-bond acceptors (Lipinski definition) is 3. The number of halogens is 1. The van der Waals surface area contributed by atoms with Crippen molar-refractivity contribution in [3.05, 3.63) is 28.2 Å². The van der Waals surface area contributed by atoms with Gasteiger partial charge in [-0.3, -0.25) is 9.59 Å². The molecule has 0 bridgehead atoms. The molecule has 0 aliphatic rings. The van der Waals surface area contributed by atoms with Crippen LogP contribution >= 0.6 is 15.9 Å². The van der Waals surface area contributed by atoms with E-state index in [0.29, 0.717) is 5.69 Å². The van der Waals surface area contributed by atoms with E-state index in [1.54, 1.807) is 18.2 Å². The molecule has 0 aromatic heterocycles. The third kappa shape index (κ3) is 4.46. The van der Waals surface area contributed by atoms with Crippen molar-refractivity contribution in [2.75, 3.05) is 11.9 Å². The first-order chi connectivity index (χ1) is 8.40. The minimum Gasteiger partial charge on any atom is -0.392 e. The molecule has 5 nitrogen and oxygen atoms in total. The van der Waals surface area contributed by atoms with E-state index in [1.165, 1.54) is 6.92 Å². The van der Waals surface area contributed by atoms with E-state index in [1.807, 2.05) is 6.92 Å². The van der Waals surface area contributed by atoms with Gasteiger partial charge >= 0.3 is 11.8 Å². The second-order valence-electron chi connectivity index (χ2n) is 3.98. The summed E-state index contributed by atoms with van der Waals surface area (Å²) in [5.74, 6) is -1.52. The SMILES string of the molecule is Cc1cc(NC(=O)C(=O)NC[C@@H](C)O)ccc1Br. The lowest BCUT2D eigenvalue weighted by atomic mass is 10.2. The molecule has 18 heavy (non-hydrogen) atoms. The summed E-state index contributed by atoms with van der Waals surface area (Å²) >= 11 is 3.35. The Morgan fingerprint density at radius 1 is 1.39 bits per heavy atom. The van der Waals surface area contributed by atoms with Crippen LogP contribution in [-0.2, 0) is 9.59 Å². The molecule has 2 amide bonds. The largest absolute Gasteiger partial charge is 0.392 e. The molecule has 0 spiro atoms. The van der Waals surface area contributed by atoms with Crippen LogP contribution in [0.25, 0.3) is 0 Å². The highest BCUT2D eigenvalue weighted by molar-refractivity contribution is 9.10. The van der Waals surface area contributed by atoms with Crippen LogP contribution in [0.5, 0.6) is 0 Å². The molecule has 1 atom stereocenters. The molecule has 0 fully saturated rings. The quantitative estimate of drug-likeness (QED) is 0.733. The molecular weight excluding hydrogens is 300 g/mol. The number of carbonyl (C=O) groups is 2. The Labute approximate surface area is 114 Å². The number of amides is 2. The van der Waals surface area contributed by atoms with Gasteiger partial charge in [-0.15, -0.1) is 0 Å². The van der Waals surface area contributed by atoms with Crippen molar-refractivity contribution in [1.82, 2.24) is 5.32 Å². The molecule has 0 saturated carbocycles. The lowest BCUT2D eigenvalue weighted by molar-refractivity contribution is -0.136. The van der Waals surface area contributed by atoms with Crippen molar-refractivity contribution in [2.24, 2.45) is 0 Å². The molecule has 1 aromatic carbocycles. The predicted molar refractivity (Wildman–Crippen MR) is 72.2 cm³/mol. The predicted octanol–water partition coefficient (Wildman–Crippen LogP) is 1.19. The minimum atomic E-state index is -0.767. The number of aryl methyl sites for hydroxylation is 1. The Kier molecular flexibility index (Phi) is 5.30. The number of nitrogens with one attached hydrogen (secondary N) is 2. The summed E-state index contributed by atoms with van der Waals surface area (Å²) in [5.41, 5.74) is 1.50. The van der Waals surface area contributed by atoms with Gasteiger partial charge in [-0.05, 0) is 37.6 Å². The van der Waals surface area contributed by atoms with Crippen LogP contribution in [0.1, 0.15) is 12.5 Å². The standard InChI is InChI=1S/C12H15BrN2O3/c1-7-5-9(3-4-10(7)13)15-12(18)11(17)14-6-8(2)16/h3-5,8,16H,6H2,1-2H3,(H,14,17)(H,15,18)/t8-/m1/s1. The summed E-state index contributed by atoms with van der Waals surface area (Å²) in [4.78, 5) is 22.9. The molecule has 1 aromatic rings. The third-order valence-electron chi connectivity index (χ3n) is 2.18. The van der Waals surface area contributed by atoms with Crippen molar-refractivity contribution in [3.8, 4) is 0 Å². The van der Waals surface area contributed by atoms with E-state index in [0.717, 1.165) is 10.0 Å². The number of aliphatic hydroxyl groups is 1. The van der Waals surface area contributed by atoms with Gasteiger partial charge in [-0.25, -0.2) is 0 Å². The number of aliphatic hydroxyl groups excluding tert-OH is 1. The zero-order chi connectivity index (χ0) is 13.7. The van der Waals surface area contributed by atoms with E-state index in [2.05, 4.69) is 26.6 Å². The molecular formula is C12H15BrN2O3. The summed E-state index contributed by atoms with van der Waals surface area (Å²) in [6.07, 6.45) is -0.684. The fourth-order valence-electron chi connectivity index (χ4n) is 1.23. The van der Waals surface area contributed by atoms with Gasteiger partial charge in [0.2, 0.25) is 0 Å². The van der Waals surface area contributed by atoms with Gasteiger partial charge in [-0.1, -0.05) is 15.9 Å². The minimum absolute atomic E-state index is 0.0472. The van der Waals surface area contributed by atoms with E-state index in [4.69, 9.17) is 5.11 Å². The Morgan fingerprint density at radius 2 is 2.06 bits per heavy atom. The van der Waals surface area contributed by atoms with Crippen LogP contribution in [0.2, 0.25) is 0 Å². The number of rotatable bonds is 3. The summed E-state index contributed by atoms with van der Waals surface area (Å²) in [6.45, 7) is 3.45. The number of carbonyl (C=O) groups excluding carboxylic acids is 2. The second-order valence-corrected chi connectivity index (χ2v) is 4.83. The van der Waals surface area contributed by atoms with Crippen molar-refractivity contribution in [2.45, 2.75) is 20.0 Å². The van der Waals surface area contributed by atoms with E-state index < -0.39 is 17.9 Å². The molecule has 1 rings (SSSR count). The highest BCUT2D eigenvalue weighted by Crippen LogP contribution is 2.19. The first-order valence-electron chi connectivity index (χ1n) is 5.43. The Morgan fingerprint density at radius 3 is 2.61 bits per heavy atom. The van der Waals surface area contributed by atoms with Crippen LogP contribution in [0, 0.1) is 6.92 Å². The van der Waals surface area contributed by atoms with E-state index in [-0.39, 0.29) is 6.54 Å². The average molecular weight is 315 g/mol. The second kappa shape index (κ2) is 6.51. The topological polar surface area (TPSA) is 78.4 Å². The summed E-state index contributed by atoms with van der Waals surface area (Å²) < 4.78 is 0.930. The monoisotopic (exact) mass is 314 g/mol. The highest BCUT2D eigenvalue weighted by Gasteiger charge is 2.14. The molecule has 0 saturated heterocycles. The van der Waals surface area contributed by atoms with E-state index >= 15 is 0 Å². The molecule has 98 valence electrons. The van der Waals surface area contributed by atoms with Crippen LogP contribution in [-0.4, -0.2) is 29.6 Å². The molecule has 0 unspecified atom stereocenters. The zero-order valence-corrected chi connectivity index (χ0v) is 11.7. The van der Waals surface area contributed by atoms with Crippen molar-refractivity contribution in [3.63, 3.8) is 0 Å². The van der Waals surface area contributed by atoms with Gasteiger partial charge < -0.3 is 15.7 Å². The van der Waals surface area contributed by atoms with Gasteiger partial charge in [0, 0.05) is 16.7 Å². The van der Waals surface area contributed by atoms with Gasteiger partial charge in [0.05, 0.1) is 6.10 Å². The maximum Gasteiger partial charge on any atom is 0.313 e. The Bertz CT molecular complexity index is 461. The fourth-order valence-corrected chi connectivity index (χ4v) is 1.48. The van der Waals surface area contributed by atoms with E-state index in [9.17, 15) is 9.59 Å². The van der Waals surface area contributed by atoms with Crippen LogP contribution < -0.4 is 10.6 Å². The van der Waals surface area contributed by atoms with Crippen molar-refractivity contribution >= 4 is 33.4 Å². The first kappa shape index (κ1) is 14.7. The molecule has 0 aliphatic carbocycles. The van der Waals surface area contributed by atoms with Crippen molar-refractivity contribution in [1.29, 1.82) is 0 Å². The number of benzene rings is 1. The number of anilines is 1. The lowest BCUT2D eigenvalue weighted by Gasteiger charge is -2.08. The first-order valence-corrected chi connectivity index (χ1v) is 6.23. The zero-order valence-electron chi connectivity index (χ0n) is 10.2. The fraction of sp³-hybridized carbons (Fsp3) is 0.333. The van der Waals surface area contributed by atoms with Gasteiger partial charge in [0.15, 0.2) is 0 Å². The molecule has 0 aliphatic heterocycles. The van der Waals surface area contributed by atoms with Gasteiger partial charge in [0.25, 0.3) is 0 Å². The maximum absolute atomic E-state index is 11.5. The lowest BCUT2D eigenvalue weighted by Crippen LogP contribution is -2.38. The molecule has 6 heteroatoms. The average Bonchev–Trinajstić information content (AvgIpc) is 2.30. The smallest absolute Gasteiger partial charge is 0.313 e. The summed E-state index contributed by atoms with van der Waals surface area (Å²) in [7, 11) is 0. The number of hydrogen-bond donors (Lipinski definition) is 3. The molecule has 0 radical (unpaired) electrons. The molecule has 0 heterocycles. The maximum atomic E-state index is 11.5. The van der Waals surface area contributed by atoms with Crippen LogP contribution in [0.15, 0.2) is 22.7 Å². The van der Waals surface area contributed by atoms with Crippen molar-refractivity contribution < 1.29 is 14.7 Å². The summed E-state index contributed by atoms with van der Waals surface area (Å²) in [6, 6.07) is 5.24. The van der Waals surface area contributed by atoms with Gasteiger partial charge in [0.1, 0.15) is 0 Å². The Hall–Kier alpha value is -1.40. The van der Waals surface area contributed by atoms with Crippen LogP contribution in [0.4, 0.5) is 5.69 Å². The van der Waals surface area contributed by atoms with Gasteiger partial charge in [-0.2, -0.15) is 0 Å².